The van der Waals surface area contributed by atoms with Crippen molar-refractivity contribution in [3.05, 3.63) is 126 Å². The van der Waals surface area contributed by atoms with E-state index < -0.39 is 0 Å². The number of hydrogen-bond donors (Lipinski definition) is 1. The first-order chi connectivity index (χ1) is 42.7. The van der Waals surface area contributed by atoms with Crippen LogP contribution in [-0.4, -0.2) is 38.9 Å². The fourth-order valence-corrected chi connectivity index (χ4v) is 27.2. The fraction of sp³-hybridized carbons (Fsp3) is 0.440. The molecule has 7 aromatic rings. The highest BCUT2D eigenvalue weighted by Gasteiger charge is 2.57. The first-order valence-corrected chi connectivity index (χ1v) is 37.5. The zero-order chi connectivity index (χ0) is 56.7. The summed E-state index contributed by atoms with van der Waals surface area (Å²) in [7, 11) is 0. The molecule has 12 heteroatoms. The molecule has 0 unspecified atom stereocenters. The lowest BCUT2D eigenvalue weighted by Gasteiger charge is -2.57. The summed E-state index contributed by atoms with van der Waals surface area (Å²) in [6, 6.07) is 44.8. The second-order valence-corrected chi connectivity index (χ2v) is 33.7. The van der Waals surface area contributed by atoms with Gasteiger partial charge in [-0.1, -0.05) is 48.5 Å². The minimum Gasteiger partial charge on any atom is -0.458 e. The van der Waals surface area contributed by atoms with Crippen LogP contribution >= 0.6 is 35.8 Å². The average molecular weight is 1190 g/mol. The molecule has 0 aromatic heterocycles. The molecular formula is C75H73B3N4O2S3. The van der Waals surface area contributed by atoms with Gasteiger partial charge in [-0.05, 0) is 347 Å². The second-order valence-electron chi connectivity index (χ2n) is 31.5. The number of ether oxygens (including phenoxy) is 2. The molecule has 25 rings (SSSR count). The highest BCUT2D eigenvalue weighted by molar-refractivity contribution is 8.01. The fourth-order valence-electron chi connectivity index (χ4n) is 25.1. The van der Waals surface area contributed by atoms with E-state index in [9.17, 15) is 0 Å². The van der Waals surface area contributed by atoms with Crippen molar-refractivity contribution in [3.63, 3.8) is 0 Å². The van der Waals surface area contributed by atoms with Crippen molar-refractivity contribution in [2.75, 3.05) is 37.0 Å². The summed E-state index contributed by atoms with van der Waals surface area (Å²) in [5, 5.41) is 4.28. The Morgan fingerprint density at radius 3 is 1.15 bits per heavy atom. The monoisotopic (exact) mass is 1190 g/mol. The van der Waals surface area contributed by atoms with E-state index in [0.29, 0.717) is 0 Å². The summed E-state index contributed by atoms with van der Waals surface area (Å²) < 4.78 is 22.6. The molecular weight excluding hydrogens is 1120 g/mol. The van der Waals surface area contributed by atoms with E-state index >= 15 is 0 Å². The van der Waals surface area contributed by atoms with Crippen molar-refractivity contribution in [2.24, 2.45) is 53.3 Å². The number of fused-ring (bicyclic) bond motifs is 12. The summed E-state index contributed by atoms with van der Waals surface area (Å²) in [6.45, 7) is 0.0707. The lowest BCUT2D eigenvalue weighted by molar-refractivity contribution is -0.00533. The Morgan fingerprint density at radius 1 is 0.345 bits per heavy atom. The number of rotatable bonds is 6. The molecule has 18 aliphatic rings. The van der Waals surface area contributed by atoms with Gasteiger partial charge in [0.05, 0.1) is 17.1 Å². The number of nitrogens with one attached hydrogen (secondary N) is 1. The first kappa shape index (κ1) is 50.3. The first-order valence-electron chi connectivity index (χ1n) is 33.9. The normalized spacial score (nSPS) is 32.9. The van der Waals surface area contributed by atoms with Gasteiger partial charge in [-0.15, -0.1) is 0 Å². The van der Waals surface area contributed by atoms with Gasteiger partial charge < -0.3 is 14.8 Å². The molecule has 6 nitrogen and oxygen atoms in total. The molecule has 432 valence electrons. The molecule has 7 aromatic carbocycles. The van der Waals surface area contributed by atoms with Crippen molar-refractivity contribution < 1.29 is 9.47 Å². The van der Waals surface area contributed by atoms with Gasteiger partial charge in [0, 0.05) is 47.2 Å². The van der Waals surface area contributed by atoms with Gasteiger partial charge in [0.15, 0.2) is 0 Å². The van der Waals surface area contributed by atoms with Crippen LogP contribution in [0.25, 0.3) is 0 Å². The van der Waals surface area contributed by atoms with Crippen LogP contribution < -0.4 is 76.9 Å². The standard InChI is InChI=1S/C75H73B3N4O2S3/c1-85-80-60-29-58-54(76-52-8-4-6-10-66(52)83-68-25-49(21-59(79-58)70(68)76)73-31-40-12-41(32-73)14-42(13-40)33-73)27-55(60)78-57-28-56-61(30-62(57)81(86-2)64-23-50(22-63(80)71(64)78)74-34-43-15-44(35-74)17-45(16-43)36-74)82(87-3)65-24-51(75-37-46-18-47(38-75)20-48(19-46)39-75)26-69-72(65)77(56)53-9-5-7-11-67(53)84-69/h4-11,21-30,40-48,79H,12-20,31-39H2,1-3H3. The molecule has 12 fully saturated rings. The van der Waals surface area contributed by atoms with Gasteiger partial charge in [0.1, 0.15) is 23.0 Å². The third-order valence-corrected chi connectivity index (χ3v) is 29.1. The minimum atomic E-state index is -0.000588. The number of nitrogens with zero attached hydrogens (tertiary/aromatic N) is 3. The molecule has 87 heavy (non-hydrogen) atoms. The van der Waals surface area contributed by atoms with Crippen LogP contribution in [0.3, 0.4) is 0 Å². The summed E-state index contributed by atoms with van der Waals surface area (Å²) in [6.07, 6.45) is 32.1. The Morgan fingerprint density at radius 2 is 0.701 bits per heavy atom. The smallest absolute Gasteiger partial charge is 0.256 e. The van der Waals surface area contributed by atoms with Gasteiger partial charge in [0.2, 0.25) is 0 Å². The Bertz CT molecular complexity index is 4170. The van der Waals surface area contributed by atoms with Crippen molar-refractivity contribution >= 4 is 151 Å². The van der Waals surface area contributed by atoms with Gasteiger partial charge in [-0.25, -0.2) is 0 Å². The van der Waals surface area contributed by atoms with Crippen LogP contribution in [0, 0.1) is 53.3 Å². The minimum absolute atomic E-state index is 0.000588. The summed E-state index contributed by atoms with van der Waals surface area (Å²) >= 11 is 5.72. The lowest BCUT2D eigenvalue weighted by Crippen LogP contribution is -2.65. The van der Waals surface area contributed by atoms with Crippen molar-refractivity contribution in [3.8, 4) is 23.0 Å². The molecule has 0 amide bonds. The Labute approximate surface area is 527 Å². The Kier molecular flexibility index (Phi) is 10.0. The van der Waals surface area contributed by atoms with E-state index in [1.807, 2.05) is 35.8 Å². The van der Waals surface area contributed by atoms with Crippen LogP contribution in [-0.2, 0) is 16.2 Å². The SMILES string of the molecule is CSN1c2cc3c(cc2B2c4ccccc4Oc4cc(C56CC7CC(CC(C7)C5)C6)cc1c42)B1c2cc4c(cc2N(SC)c2cc(C56CC7CC(CC(C7)C5)C6)cc(c21)N3SC)Nc1cc(C23CC5CC(CC(C5)C2)C3)cc2c1B4c1ccccc1O2. The molecule has 0 saturated heterocycles. The van der Waals surface area contributed by atoms with E-state index in [1.165, 1.54) is 216 Å². The van der Waals surface area contributed by atoms with Gasteiger partial charge in [0.25, 0.3) is 20.1 Å². The summed E-state index contributed by atoms with van der Waals surface area (Å²) in [5.41, 5.74) is 28.3. The predicted octanol–water partition coefficient (Wildman–Crippen LogP) is 13.1. The predicted molar refractivity (Wildman–Crippen MR) is 369 cm³/mol. The van der Waals surface area contributed by atoms with Crippen molar-refractivity contribution in [1.82, 2.24) is 0 Å². The number of anilines is 8. The molecule has 12 saturated carbocycles. The van der Waals surface area contributed by atoms with E-state index in [1.54, 1.807) is 11.1 Å². The lowest BCUT2D eigenvalue weighted by atomic mass is 9.29. The Balaban J connectivity index is 0.770. The largest absolute Gasteiger partial charge is 0.458 e. The third kappa shape index (κ3) is 6.65. The van der Waals surface area contributed by atoms with Crippen molar-refractivity contribution in [1.29, 1.82) is 0 Å². The quantitative estimate of drug-likeness (QED) is 0.130. The zero-order valence-electron chi connectivity index (χ0n) is 50.4. The highest BCUT2D eigenvalue weighted by Crippen LogP contribution is 2.65. The van der Waals surface area contributed by atoms with Gasteiger partial charge in [-0.2, -0.15) is 0 Å². The maximum atomic E-state index is 7.29. The topological polar surface area (TPSA) is 40.2 Å². The molecule has 0 atom stereocenters. The Hall–Kier alpha value is -5.42. The van der Waals surface area contributed by atoms with Crippen molar-refractivity contribution in [2.45, 2.75) is 132 Å². The molecule has 12 bridgehead atoms. The van der Waals surface area contributed by atoms with Crippen LogP contribution in [0.15, 0.2) is 109 Å². The molecule has 1 N–H and O–H groups in total. The second kappa shape index (κ2) is 17.3. The molecule has 0 radical (unpaired) electrons. The van der Waals surface area contributed by atoms with Crippen LogP contribution in [0.1, 0.15) is 132 Å². The molecule has 0 spiro atoms. The number of para-hydroxylation sites is 2. The van der Waals surface area contributed by atoms with E-state index in [-0.39, 0.29) is 36.4 Å². The van der Waals surface area contributed by atoms with Crippen LogP contribution in [0.4, 0.5) is 45.5 Å². The highest BCUT2D eigenvalue weighted by atomic mass is 32.2. The number of hydrogen-bond acceptors (Lipinski definition) is 9. The van der Waals surface area contributed by atoms with Crippen LogP contribution in [0.5, 0.6) is 23.0 Å². The van der Waals surface area contributed by atoms with Crippen LogP contribution in [0.2, 0.25) is 0 Å². The molecule has 12 aliphatic carbocycles. The summed E-state index contributed by atoms with van der Waals surface area (Å²) in [5.74, 6) is 12.0. The van der Waals surface area contributed by atoms with E-state index in [4.69, 9.17) is 9.47 Å². The van der Waals surface area contributed by atoms with Gasteiger partial charge in [-0.3, -0.25) is 12.9 Å². The van der Waals surface area contributed by atoms with E-state index in [0.717, 1.165) is 76.3 Å². The maximum Gasteiger partial charge on any atom is 0.256 e. The van der Waals surface area contributed by atoms with Gasteiger partial charge >= 0.3 is 0 Å². The number of benzene rings is 7. The average Bonchev–Trinajstić information content (AvgIpc) is 0.777. The summed E-state index contributed by atoms with van der Waals surface area (Å²) in [4.78, 5) is 0. The third-order valence-electron chi connectivity index (χ3n) is 26.9. The molecule has 6 heterocycles. The van der Waals surface area contributed by atoms with E-state index in [2.05, 4.69) is 146 Å². The maximum absolute atomic E-state index is 7.29. The zero-order valence-corrected chi connectivity index (χ0v) is 52.9. The molecule has 6 aliphatic heterocycles.